The van der Waals surface area contributed by atoms with E-state index in [1.807, 2.05) is 39.8 Å². The zero-order valence-corrected chi connectivity index (χ0v) is 32.2. The van der Waals surface area contributed by atoms with Crippen LogP contribution < -0.4 is 15.4 Å². The maximum Gasteiger partial charge on any atom is 0.410 e. The van der Waals surface area contributed by atoms with Crippen molar-refractivity contribution < 1.29 is 32.3 Å². The third-order valence-corrected chi connectivity index (χ3v) is 13.7. The van der Waals surface area contributed by atoms with Crippen LogP contribution in [0.1, 0.15) is 95.6 Å². The van der Waals surface area contributed by atoms with Crippen molar-refractivity contribution in [2.45, 2.75) is 122 Å². The molecule has 2 aromatic rings. The number of ether oxygens (including phenoxy) is 1. The highest BCUT2D eigenvalue weighted by molar-refractivity contribution is 7.91. The average Bonchev–Trinajstić information content (AvgIpc) is 3.86. The predicted molar refractivity (Wildman–Crippen MR) is 194 cm³/mol. The Hall–Kier alpha value is -3.43. The van der Waals surface area contributed by atoms with Gasteiger partial charge in [-0.2, -0.15) is 0 Å². The lowest BCUT2D eigenvalue weighted by Crippen LogP contribution is -2.58. The van der Waals surface area contributed by atoms with Gasteiger partial charge in [-0.3, -0.25) is 24.0 Å². The van der Waals surface area contributed by atoms with E-state index in [1.165, 1.54) is 21.1 Å². The molecule has 278 valence electrons. The number of thiazole rings is 1. The first-order valence-electron chi connectivity index (χ1n) is 17.6. The number of hydrogen-bond acceptors (Lipinski definition) is 10. The van der Waals surface area contributed by atoms with Crippen molar-refractivity contribution in [1.82, 2.24) is 24.8 Å². The van der Waals surface area contributed by atoms with E-state index in [9.17, 15) is 27.6 Å². The van der Waals surface area contributed by atoms with Crippen molar-refractivity contribution in [3.8, 4) is 0 Å². The maximum absolute atomic E-state index is 14.6. The molecule has 1 saturated heterocycles. The SMILES string of the molecule is CC[C@@H]1C[C@]1(NC(=O)[C@@H]1C[C@@H](OC(=O)N2Cc3cccc(Cl)c3C2)CN1C(=O)C(Nc1ncc(C(C)C)s1)C(C)(C)C)C(=O)NS(=O)(=O)C1CC1. The van der Waals surface area contributed by atoms with Crippen LogP contribution in [0.3, 0.4) is 0 Å². The Bertz CT molecular complexity index is 1820. The molecule has 51 heavy (non-hydrogen) atoms. The first-order chi connectivity index (χ1) is 23.9. The number of sulfonamides is 1. The molecule has 2 saturated carbocycles. The van der Waals surface area contributed by atoms with Gasteiger partial charge in [0.2, 0.25) is 21.8 Å². The molecule has 1 aromatic heterocycles. The molecule has 6 rings (SSSR count). The topological polar surface area (TPSA) is 167 Å². The lowest BCUT2D eigenvalue weighted by molar-refractivity contribution is -0.141. The molecule has 3 fully saturated rings. The number of nitrogens with one attached hydrogen (secondary N) is 3. The second-order valence-corrected chi connectivity index (χ2v) is 19.0. The molecule has 4 amide bonds. The lowest BCUT2D eigenvalue weighted by atomic mass is 9.85. The standard InChI is InChI=1S/C35H47ClN6O7S2/c1-7-21-14-35(21,31(45)40-51(47,48)23-11-12-23)39-29(43)26-13-22(49-33(46)41-16-20-9-8-10-25(36)24(20)18-41)17-42(26)30(44)28(34(4,5)6)38-32-37-15-27(50-32)19(2)3/h8-10,15,19,21-23,26,28H,7,11-14,16-18H2,1-6H3,(H,37,38)(H,39,43)(H,40,45)/t21-,22-,26+,28?,35-/m1/s1. The zero-order valence-electron chi connectivity index (χ0n) is 29.8. The fourth-order valence-electron chi connectivity index (χ4n) is 6.96. The van der Waals surface area contributed by atoms with Gasteiger partial charge < -0.3 is 20.3 Å². The van der Waals surface area contributed by atoms with E-state index in [4.69, 9.17) is 16.3 Å². The summed E-state index contributed by atoms with van der Waals surface area (Å²) in [7, 11) is -3.85. The monoisotopic (exact) mass is 762 g/mol. The maximum atomic E-state index is 14.6. The summed E-state index contributed by atoms with van der Waals surface area (Å²) in [5.41, 5.74) is -0.280. The van der Waals surface area contributed by atoms with Gasteiger partial charge in [-0.1, -0.05) is 71.7 Å². The number of likely N-dealkylation sites (tertiary alicyclic amines) is 1. The van der Waals surface area contributed by atoms with Crippen LogP contribution in [0.15, 0.2) is 24.4 Å². The molecule has 3 heterocycles. The number of aromatic nitrogens is 1. The third-order valence-electron chi connectivity index (χ3n) is 10.3. The van der Waals surface area contributed by atoms with Gasteiger partial charge in [0.25, 0.3) is 5.91 Å². The number of anilines is 1. The summed E-state index contributed by atoms with van der Waals surface area (Å²) >= 11 is 7.83. The fraction of sp³-hybridized carbons (Fsp3) is 0.629. The summed E-state index contributed by atoms with van der Waals surface area (Å²) in [6, 6.07) is 3.59. The fourth-order valence-corrected chi connectivity index (χ4v) is 9.42. The number of carbonyl (C=O) groups is 4. The second kappa shape index (κ2) is 13.8. The number of rotatable bonds is 11. The molecule has 16 heteroatoms. The lowest BCUT2D eigenvalue weighted by Gasteiger charge is -2.35. The van der Waals surface area contributed by atoms with Gasteiger partial charge in [0.1, 0.15) is 23.7 Å². The smallest absolute Gasteiger partial charge is 0.410 e. The van der Waals surface area contributed by atoms with Crippen LogP contribution in [0.25, 0.3) is 0 Å². The normalized spacial score (nSPS) is 25.0. The summed E-state index contributed by atoms with van der Waals surface area (Å²) in [6.07, 6.45) is 2.12. The summed E-state index contributed by atoms with van der Waals surface area (Å²) < 4.78 is 33.5. The Morgan fingerprint density at radius 3 is 2.47 bits per heavy atom. The number of halogens is 1. The molecular formula is C35H47ClN6O7S2. The van der Waals surface area contributed by atoms with Gasteiger partial charge in [0.15, 0.2) is 5.13 Å². The van der Waals surface area contributed by atoms with Gasteiger partial charge in [-0.05, 0) is 53.7 Å². The second-order valence-electron chi connectivity index (χ2n) is 15.6. The quantitative estimate of drug-likeness (QED) is 0.293. The summed E-state index contributed by atoms with van der Waals surface area (Å²) in [5.74, 6) is -1.79. The number of benzene rings is 1. The van der Waals surface area contributed by atoms with Crippen molar-refractivity contribution in [3.63, 3.8) is 0 Å². The first kappa shape index (κ1) is 37.3. The third kappa shape index (κ3) is 7.71. The molecule has 0 bridgehead atoms. The summed E-state index contributed by atoms with van der Waals surface area (Å²) in [4.78, 5) is 64.3. The van der Waals surface area contributed by atoms with Crippen LogP contribution in [-0.2, 0) is 42.2 Å². The molecule has 13 nitrogen and oxygen atoms in total. The minimum absolute atomic E-state index is 0.00860. The van der Waals surface area contributed by atoms with Gasteiger partial charge in [-0.15, -0.1) is 11.3 Å². The zero-order chi connectivity index (χ0) is 37.0. The molecule has 0 radical (unpaired) electrons. The van der Waals surface area contributed by atoms with Crippen molar-refractivity contribution in [2.24, 2.45) is 11.3 Å². The van der Waals surface area contributed by atoms with Crippen LogP contribution in [-0.4, -0.2) is 82.5 Å². The Balaban J connectivity index is 1.24. The van der Waals surface area contributed by atoms with Crippen LogP contribution in [0.4, 0.5) is 9.93 Å². The predicted octanol–water partition coefficient (Wildman–Crippen LogP) is 4.76. The average molecular weight is 763 g/mol. The molecule has 1 unspecified atom stereocenters. The Morgan fingerprint density at radius 1 is 1.16 bits per heavy atom. The summed E-state index contributed by atoms with van der Waals surface area (Å²) in [6.45, 7) is 12.3. The molecular weight excluding hydrogens is 716 g/mol. The molecule has 5 atom stereocenters. The largest absolute Gasteiger partial charge is 0.444 e. The molecule has 0 spiro atoms. The van der Waals surface area contributed by atoms with E-state index in [1.54, 1.807) is 12.3 Å². The Labute approximate surface area is 308 Å². The Morgan fingerprint density at radius 2 is 1.88 bits per heavy atom. The van der Waals surface area contributed by atoms with E-state index < -0.39 is 62.3 Å². The number of amides is 4. The van der Waals surface area contributed by atoms with Gasteiger partial charge >= 0.3 is 6.09 Å². The van der Waals surface area contributed by atoms with Crippen LogP contribution in [0, 0.1) is 11.3 Å². The number of nitrogens with zero attached hydrogens (tertiary/aromatic N) is 3. The number of carbonyl (C=O) groups excluding carboxylic acids is 4. The summed E-state index contributed by atoms with van der Waals surface area (Å²) in [5, 5.41) is 6.69. The first-order valence-corrected chi connectivity index (χ1v) is 20.3. The van der Waals surface area contributed by atoms with Gasteiger partial charge in [-0.25, -0.2) is 18.2 Å². The van der Waals surface area contributed by atoms with Crippen molar-refractivity contribution in [3.05, 3.63) is 45.4 Å². The van der Waals surface area contributed by atoms with Gasteiger partial charge in [0.05, 0.1) is 18.3 Å². The van der Waals surface area contributed by atoms with Crippen LogP contribution in [0.5, 0.6) is 0 Å². The molecule has 3 N–H and O–H groups in total. The molecule has 2 aliphatic heterocycles. The van der Waals surface area contributed by atoms with E-state index >= 15 is 0 Å². The molecule has 4 aliphatic rings. The highest BCUT2D eigenvalue weighted by atomic mass is 35.5. The highest BCUT2D eigenvalue weighted by Crippen LogP contribution is 2.47. The van der Waals surface area contributed by atoms with Crippen LogP contribution >= 0.6 is 22.9 Å². The van der Waals surface area contributed by atoms with E-state index in [0.29, 0.717) is 36.0 Å². The van der Waals surface area contributed by atoms with Crippen molar-refractivity contribution in [1.29, 1.82) is 0 Å². The molecule has 1 aromatic carbocycles. The van der Waals surface area contributed by atoms with Gasteiger partial charge in [0, 0.05) is 29.1 Å². The molecule has 2 aliphatic carbocycles. The number of hydrogen-bond donors (Lipinski definition) is 3. The minimum Gasteiger partial charge on any atom is -0.444 e. The van der Waals surface area contributed by atoms with E-state index in [2.05, 4.69) is 34.2 Å². The van der Waals surface area contributed by atoms with E-state index in [0.717, 1.165) is 16.0 Å². The Kier molecular flexibility index (Phi) is 10.1. The number of fused-ring (bicyclic) bond motifs is 1. The van der Waals surface area contributed by atoms with Crippen molar-refractivity contribution in [2.75, 3.05) is 11.9 Å². The van der Waals surface area contributed by atoms with Crippen molar-refractivity contribution >= 4 is 61.9 Å². The van der Waals surface area contributed by atoms with Crippen LogP contribution in [0.2, 0.25) is 5.02 Å². The van der Waals surface area contributed by atoms with E-state index in [-0.39, 0.29) is 43.7 Å². The minimum atomic E-state index is -3.85. The highest BCUT2D eigenvalue weighted by Gasteiger charge is 2.62.